The lowest BCUT2D eigenvalue weighted by Gasteiger charge is -2.44. The number of hydrogen-bond donors (Lipinski definition) is 4. The molecule has 0 saturated heterocycles. The molecule has 2 saturated carbocycles. The van der Waals surface area contributed by atoms with Crippen molar-refractivity contribution in [2.24, 2.45) is 11.3 Å². The van der Waals surface area contributed by atoms with Crippen LogP contribution in [0.25, 0.3) is 0 Å². The van der Waals surface area contributed by atoms with Crippen molar-refractivity contribution in [2.75, 3.05) is 0 Å². The third-order valence-electron chi connectivity index (χ3n) is 7.24. The van der Waals surface area contributed by atoms with E-state index >= 15 is 0 Å². The average molecular weight is 358 g/mol. The second-order valence-corrected chi connectivity index (χ2v) is 8.70. The zero-order valence-electron chi connectivity index (χ0n) is 15.0. The molecule has 0 bridgehead atoms. The molecule has 2 fully saturated rings. The Morgan fingerprint density at radius 2 is 1.85 bits per heavy atom. The average Bonchev–Trinajstić information content (AvgIpc) is 3.16. The molecule has 4 aliphatic rings. The first kappa shape index (κ1) is 16.0. The number of benzene rings is 1. The number of aliphatic hydroxyl groups is 2. The topological polar surface area (TPSA) is 107 Å². The number of aromatic hydroxyl groups is 2. The molecule has 26 heavy (non-hydrogen) atoms. The van der Waals surface area contributed by atoms with Gasteiger partial charge in [-0.3, -0.25) is 4.79 Å². The van der Waals surface area contributed by atoms with Gasteiger partial charge in [0.05, 0.1) is 11.1 Å². The number of rotatable bonds is 0. The van der Waals surface area contributed by atoms with Gasteiger partial charge in [0.15, 0.2) is 17.3 Å². The SMILES string of the molecule is CC1Oc2c(O)c3c(c(O)c2C1O)C(=O)C(O)=C1C3(C)CCC2CC12C. The Labute approximate surface area is 150 Å². The van der Waals surface area contributed by atoms with E-state index in [-0.39, 0.29) is 33.8 Å². The molecule has 5 atom stereocenters. The van der Waals surface area contributed by atoms with Crippen molar-refractivity contribution in [3.05, 3.63) is 28.0 Å². The summed E-state index contributed by atoms with van der Waals surface area (Å²) in [5, 5.41) is 42.9. The number of allylic oxidation sites excluding steroid dienone is 2. The van der Waals surface area contributed by atoms with Crippen LogP contribution in [0.5, 0.6) is 17.2 Å². The molecule has 1 heterocycles. The summed E-state index contributed by atoms with van der Waals surface area (Å²) in [6, 6.07) is 0. The van der Waals surface area contributed by atoms with Gasteiger partial charge in [0.1, 0.15) is 18.0 Å². The van der Waals surface area contributed by atoms with Crippen LogP contribution in [0.1, 0.15) is 67.6 Å². The number of phenols is 2. The smallest absolute Gasteiger partial charge is 0.231 e. The molecule has 0 aromatic heterocycles. The van der Waals surface area contributed by atoms with Crippen molar-refractivity contribution in [2.45, 2.75) is 57.7 Å². The standard InChI is InChI=1S/C20H22O6/c1-7-12(21)10-13(22)9-11(15(24)17(10)26-7)19(2)5-4-8-6-20(8,3)18(19)16(25)14(9)23/h7-8,12,21-22,24-25H,4-6H2,1-3H3. The molecule has 0 radical (unpaired) electrons. The van der Waals surface area contributed by atoms with Crippen LogP contribution >= 0.6 is 0 Å². The van der Waals surface area contributed by atoms with Gasteiger partial charge in [0.2, 0.25) is 5.78 Å². The van der Waals surface area contributed by atoms with Crippen LogP contribution in [-0.4, -0.2) is 32.3 Å². The first-order chi connectivity index (χ1) is 12.1. The highest BCUT2D eigenvalue weighted by atomic mass is 16.5. The third-order valence-corrected chi connectivity index (χ3v) is 7.24. The zero-order chi connectivity index (χ0) is 18.8. The van der Waals surface area contributed by atoms with Crippen LogP contribution in [-0.2, 0) is 5.41 Å². The molecule has 0 amide bonds. The minimum Gasteiger partial charge on any atom is -0.507 e. The predicted molar refractivity (Wildman–Crippen MR) is 91.6 cm³/mol. The molecule has 6 heteroatoms. The van der Waals surface area contributed by atoms with Crippen LogP contribution in [0.15, 0.2) is 11.3 Å². The van der Waals surface area contributed by atoms with Gasteiger partial charge in [-0.15, -0.1) is 0 Å². The second kappa shape index (κ2) is 4.36. The monoisotopic (exact) mass is 358 g/mol. The summed E-state index contributed by atoms with van der Waals surface area (Å²) in [5.41, 5.74) is -0.109. The van der Waals surface area contributed by atoms with Crippen LogP contribution in [0.2, 0.25) is 0 Å². The number of carbonyl (C=O) groups is 1. The Kier molecular flexibility index (Phi) is 2.69. The molecular weight excluding hydrogens is 336 g/mol. The number of fused-ring (bicyclic) bond motifs is 6. The van der Waals surface area contributed by atoms with E-state index in [1.54, 1.807) is 6.92 Å². The van der Waals surface area contributed by atoms with E-state index in [1.165, 1.54) is 0 Å². The van der Waals surface area contributed by atoms with Crippen molar-refractivity contribution in [3.63, 3.8) is 0 Å². The fraction of sp³-hybridized carbons (Fsp3) is 0.550. The zero-order valence-corrected chi connectivity index (χ0v) is 15.0. The fourth-order valence-electron chi connectivity index (χ4n) is 5.77. The van der Waals surface area contributed by atoms with E-state index in [1.807, 2.05) is 13.8 Å². The number of phenolic OH excluding ortho intramolecular Hbond substituents is 2. The van der Waals surface area contributed by atoms with Crippen LogP contribution in [0, 0.1) is 11.3 Å². The Morgan fingerprint density at radius 3 is 2.54 bits per heavy atom. The Morgan fingerprint density at radius 1 is 1.15 bits per heavy atom. The van der Waals surface area contributed by atoms with Gasteiger partial charge in [0.25, 0.3) is 0 Å². The predicted octanol–water partition coefficient (Wildman–Crippen LogP) is 3.00. The normalized spacial score (nSPS) is 39.7. The third kappa shape index (κ3) is 1.52. The second-order valence-electron chi connectivity index (χ2n) is 8.70. The Balaban J connectivity index is 1.86. The summed E-state index contributed by atoms with van der Waals surface area (Å²) >= 11 is 0. The highest BCUT2D eigenvalue weighted by Crippen LogP contribution is 2.72. The van der Waals surface area contributed by atoms with Crippen molar-refractivity contribution in [1.82, 2.24) is 0 Å². The van der Waals surface area contributed by atoms with Gasteiger partial charge in [-0.2, -0.15) is 0 Å². The van der Waals surface area contributed by atoms with Crippen molar-refractivity contribution >= 4 is 5.78 Å². The van der Waals surface area contributed by atoms with Gasteiger partial charge in [-0.25, -0.2) is 0 Å². The van der Waals surface area contributed by atoms with Crippen molar-refractivity contribution in [3.8, 4) is 17.2 Å². The summed E-state index contributed by atoms with van der Waals surface area (Å²) in [6.07, 6.45) is 0.706. The number of aliphatic hydroxyl groups excluding tert-OH is 2. The summed E-state index contributed by atoms with van der Waals surface area (Å²) in [5.74, 6) is -1.14. The van der Waals surface area contributed by atoms with Gasteiger partial charge in [0, 0.05) is 11.0 Å². The first-order valence-electron chi connectivity index (χ1n) is 9.08. The maximum Gasteiger partial charge on any atom is 0.231 e. The lowest BCUT2D eigenvalue weighted by molar-refractivity contribution is 0.0776. The van der Waals surface area contributed by atoms with Crippen molar-refractivity contribution < 1.29 is 30.0 Å². The summed E-state index contributed by atoms with van der Waals surface area (Å²) in [4.78, 5) is 13.0. The number of Topliss-reactive ketones (excluding diaryl/α,β-unsaturated/α-hetero) is 1. The molecule has 1 aromatic carbocycles. The quantitative estimate of drug-likeness (QED) is 0.531. The maximum absolute atomic E-state index is 13.0. The lowest BCUT2D eigenvalue weighted by Crippen LogP contribution is -2.40. The maximum atomic E-state index is 13.0. The molecule has 1 aliphatic heterocycles. The number of ether oxygens (including phenoxy) is 1. The van der Waals surface area contributed by atoms with Crippen LogP contribution in [0.4, 0.5) is 0 Å². The molecule has 5 unspecified atom stereocenters. The van der Waals surface area contributed by atoms with Crippen LogP contribution < -0.4 is 4.74 Å². The Hall–Kier alpha value is -2.21. The molecule has 5 rings (SSSR count). The lowest BCUT2D eigenvalue weighted by atomic mass is 9.58. The van der Waals surface area contributed by atoms with Gasteiger partial charge in [-0.1, -0.05) is 13.8 Å². The minimum atomic E-state index is -1.15. The molecule has 4 N–H and O–H groups in total. The molecule has 0 spiro atoms. The van der Waals surface area contributed by atoms with E-state index in [0.717, 1.165) is 12.8 Å². The summed E-state index contributed by atoms with van der Waals surface area (Å²) < 4.78 is 5.60. The number of carbonyl (C=O) groups excluding carboxylic acids is 1. The number of ketones is 1. The van der Waals surface area contributed by atoms with E-state index in [4.69, 9.17) is 4.74 Å². The molecule has 138 valence electrons. The van der Waals surface area contributed by atoms with E-state index < -0.39 is 29.2 Å². The van der Waals surface area contributed by atoms with Crippen molar-refractivity contribution in [1.29, 1.82) is 0 Å². The van der Waals surface area contributed by atoms with Gasteiger partial charge >= 0.3 is 0 Å². The number of hydrogen-bond acceptors (Lipinski definition) is 6. The largest absolute Gasteiger partial charge is 0.507 e. The van der Waals surface area contributed by atoms with E-state index in [0.29, 0.717) is 23.5 Å². The van der Waals surface area contributed by atoms with E-state index in [9.17, 15) is 25.2 Å². The highest BCUT2D eigenvalue weighted by molar-refractivity contribution is 6.14. The van der Waals surface area contributed by atoms with Gasteiger partial charge in [-0.05, 0) is 43.1 Å². The van der Waals surface area contributed by atoms with Crippen LogP contribution in [0.3, 0.4) is 0 Å². The van der Waals surface area contributed by atoms with E-state index in [2.05, 4.69) is 0 Å². The molecular formula is C20H22O6. The highest BCUT2D eigenvalue weighted by Gasteiger charge is 2.65. The Bertz CT molecular complexity index is 931. The van der Waals surface area contributed by atoms with Gasteiger partial charge < -0.3 is 25.2 Å². The summed E-state index contributed by atoms with van der Waals surface area (Å²) in [6.45, 7) is 5.58. The minimum absolute atomic E-state index is 0.0215. The summed E-state index contributed by atoms with van der Waals surface area (Å²) in [7, 11) is 0. The molecule has 3 aliphatic carbocycles. The first-order valence-corrected chi connectivity index (χ1v) is 9.08. The molecule has 1 aromatic rings. The molecule has 6 nitrogen and oxygen atoms in total. The fourth-order valence-corrected chi connectivity index (χ4v) is 5.77.